The van der Waals surface area contributed by atoms with Crippen LogP contribution in [0, 0.1) is 0 Å². The summed E-state index contributed by atoms with van der Waals surface area (Å²) in [5.41, 5.74) is 3.95. The highest BCUT2D eigenvalue weighted by atomic mass is 79.9. The van der Waals surface area contributed by atoms with E-state index in [0.717, 1.165) is 15.6 Å². The normalized spacial score (nSPS) is 15.9. The largest absolute Gasteiger partial charge is 0.465 e. The van der Waals surface area contributed by atoms with Gasteiger partial charge in [-0.1, -0.05) is 70.5 Å². The molecule has 4 rings (SSSR count). The molecule has 118 valence electrons. The van der Waals surface area contributed by atoms with E-state index >= 15 is 0 Å². The lowest BCUT2D eigenvalue weighted by atomic mass is 9.89. The van der Waals surface area contributed by atoms with Gasteiger partial charge in [-0.05, 0) is 39.6 Å². The summed E-state index contributed by atoms with van der Waals surface area (Å²) in [4.78, 5) is 12.2. The maximum absolute atomic E-state index is 12.2. The lowest BCUT2D eigenvalue weighted by Crippen LogP contribution is -2.02. The van der Waals surface area contributed by atoms with Gasteiger partial charge in [0.1, 0.15) is 0 Å². The second-order valence-corrected chi connectivity index (χ2v) is 6.76. The Kier molecular flexibility index (Phi) is 3.73. The average Bonchev–Trinajstić information content (AvgIpc) is 3.02. The quantitative estimate of drug-likeness (QED) is 0.565. The van der Waals surface area contributed by atoms with Gasteiger partial charge in [-0.15, -0.1) is 0 Å². The van der Waals surface area contributed by atoms with Crippen molar-refractivity contribution in [2.24, 2.45) is 0 Å². The SMILES string of the molecule is COC(=O)C1=C[C@@H](c2ccc(Br)cc2)c2c1ccc1ccccc21. The fourth-order valence-electron chi connectivity index (χ4n) is 3.43. The van der Waals surface area contributed by atoms with Crippen molar-refractivity contribution < 1.29 is 9.53 Å². The number of esters is 1. The van der Waals surface area contributed by atoms with Gasteiger partial charge < -0.3 is 4.74 Å². The Morgan fingerprint density at radius 3 is 2.50 bits per heavy atom. The summed E-state index contributed by atoms with van der Waals surface area (Å²) in [6.45, 7) is 0. The van der Waals surface area contributed by atoms with Crippen molar-refractivity contribution in [3.63, 3.8) is 0 Å². The van der Waals surface area contributed by atoms with Crippen molar-refractivity contribution in [3.8, 4) is 0 Å². The molecule has 1 aliphatic carbocycles. The molecular formula is C21H15BrO2. The van der Waals surface area contributed by atoms with E-state index in [4.69, 9.17) is 4.74 Å². The van der Waals surface area contributed by atoms with Crippen molar-refractivity contribution in [2.75, 3.05) is 7.11 Å². The van der Waals surface area contributed by atoms with Crippen LogP contribution in [0.5, 0.6) is 0 Å². The average molecular weight is 379 g/mol. The number of fused-ring (bicyclic) bond motifs is 3. The number of hydrogen-bond donors (Lipinski definition) is 0. The fourth-order valence-corrected chi connectivity index (χ4v) is 3.69. The van der Waals surface area contributed by atoms with Crippen LogP contribution in [0.2, 0.25) is 0 Å². The number of allylic oxidation sites excluding steroid dienone is 1. The van der Waals surface area contributed by atoms with Crippen molar-refractivity contribution in [1.82, 2.24) is 0 Å². The minimum atomic E-state index is -0.286. The van der Waals surface area contributed by atoms with Crippen LogP contribution in [0.4, 0.5) is 0 Å². The van der Waals surface area contributed by atoms with E-state index in [1.807, 2.05) is 36.4 Å². The zero-order chi connectivity index (χ0) is 16.7. The van der Waals surface area contributed by atoms with Crippen LogP contribution >= 0.6 is 15.9 Å². The van der Waals surface area contributed by atoms with Crippen molar-refractivity contribution >= 4 is 38.2 Å². The Balaban J connectivity index is 1.98. The molecule has 2 nitrogen and oxygen atoms in total. The summed E-state index contributed by atoms with van der Waals surface area (Å²) >= 11 is 3.48. The van der Waals surface area contributed by atoms with Gasteiger partial charge in [0.25, 0.3) is 0 Å². The standard InChI is InChI=1S/C21H15BrO2/c1-24-21(23)19-12-18(14-6-9-15(22)10-7-14)20-16-5-3-2-4-13(16)8-11-17(19)20/h2-12,18H,1H3/t18-/m0/s1. The van der Waals surface area contributed by atoms with E-state index < -0.39 is 0 Å². The summed E-state index contributed by atoms with van der Waals surface area (Å²) in [5, 5.41) is 2.36. The molecule has 0 spiro atoms. The molecule has 0 saturated carbocycles. The van der Waals surface area contributed by atoms with Crippen LogP contribution in [0.25, 0.3) is 16.3 Å². The van der Waals surface area contributed by atoms with E-state index in [9.17, 15) is 4.79 Å². The van der Waals surface area contributed by atoms with Gasteiger partial charge in [0.2, 0.25) is 0 Å². The Morgan fingerprint density at radius 2 is 1.75 bits per heavy atom. The topological polar surface area (TPSA) is 26.3 Å². The fraction of sp³-hybridized carbons (Fsp3) is 0.0952. The van der Waals surface area contributed by atoms with E-state index in [1.165, 1.54) is 23.4 Å². The maximum atomic E-state index is 12.2. The molecular weight excluding hydrogens is 364 g/mol. The summed E-state index contributed by atoms with van der Waals surface area (Å²) < 4.78 is 6.03. The van der Waals surface area contributed by atoms with E-state index in [2.05, 4.69) is 46.3 Å². The monoisotopic (exact) mass is 378 g/mol. The lowest BCUT2D eigenvalue weighted by Gasteiger charge is -2.15. The first kappa shape index (κ1) is 15.2. The summed E-state index contributed by atoms with van der Waals surface area (Å²) in [6.07, 6.45) is 2.02. The van der Waals surface area contributed by atoms with Crippen molar-refractivity contribution in [2.45, 2.75) is 5.92 Å². The number of ether oxygens (including phenoxy) is 1. The highest BCUT2D eigenvalue weighted by molar-refractivity contribution is 9.10. The Bertz CT molecular complexity index is 971. The molecule has 24 heavy (non-hydrogen) atoms. The van der Waals surface area contributed by atoms with Crippen LogP contribution in [0.1, 0.15) is 22.6 Å². The summed E-state index contributed by atoms with van der Waals surface area (Å²) in [6, 6.07) is 20.6. The third-order valence-corrected chi connectivity index (χ3v) is 5.07. The van der Waals surface area contributed by atoms with Crippen LogP contribution in [-0.4, -0.2) is 13.1 Å². The maximum Gasteiger partial charge on any atom is 0.338 e. The molecule has 0 bridgehead atoms. The van der Waals surface area contributed by atoms with Crippen LogP contribution in [0.15, 0.2) is 71.2 Å². The lowest BCUT2D eigenvalue weighted by molar-refractivity contribution is -0.133. The molecule has 3 aromatic rings. The Hall–Kier alpha value is -2.39. The highest BCUT2D eigenvalue weighted by Crippen LogP contribution is 2.44. The molecule has 3 heteroatoms. The molecule has 3 aromatic carbocycles. The molecule has 0 fully saturated rings. The van der Waals surface area contributed by atoms with Crippen LogP contribution in [-0.2, 0) is 9.53 Å². The van der Waals surface area contributed by atoms with Gasteiger partial charge in [0, 0.05) is 10.4 Å². The molecule has 1 atom stereocenters. The molecule has 0 saturated heterocycles. The molecule has 0 N–H and O–H groups in total. The Labute approximate surface area is 148 Å². The molecule has 0 amide bonds. The van der Waals surface area contributed by atoms with Gasteiger partial charge >= 0.3 is 5.97 Å². The highest BCUT2D eigenvalue weighted by Gasteiger charge is 2.30. The molecule has 0 aromatic heterocycles. The number of carbonyl (C=O) groups is 1. The third-order valence-electron chi connectivity index (χ3n) is 4.54. The van der Waals surface area contributed by atoms with Gasteiger partial charge in [-0.2, -0.15) is 0 Å². The number of benzene rings is 3. The smallest absolute Gasteiger partial charge is 0.338 e. The van der Waals surface area contributed by atoms with E-state index in [-0.39, 0.29) is 11.9 Å². The molecule has 1 aliphatic rings. The number of rotatable bonds is 2. The minimum absolute atomic E-state index is 0.0494. The first-order chi connectivity index (χ1) is 11.7. The molecule has 0 radical (unpaired) electrons. The summed E-state index contributed by atoms with van der Waals surface area (Å²) in [5.74, 6) is -0.237. The number of methoxy groups -OCH3 is 1. The van der Waals surface area contributed by atoms with Gasteiger partial charge in [0.15, 0.2) is 0 Å². The van der Waals surface area contributed by atoms with Crippen molar-refractivity contribution in [1.29, 1.82) is 0 Å². The third kappa shape index (κ3) is 2.36. The van der Waals surface area contributed by atoms with Crippen LogP contribution in [0.3, 0.4) is 0 Å². The van der Waals surface area contributed by atoms with Crippen molar-refractivity contribution in [3.05, 3.63) is 87.9 Å². The van der Waals surface area contributed by atoms with E-state index in [1.54, 1.807) is 0 Å². The first-order valence-electron chi connectivity index (χ1n) is 7.76. The number of hydrogen-bond acceptors (Lipinski definition) is 2. The number of halogens is 1. The zero-order valence-electron chi connectivity index (χ0n) is 13.1. The molecule has 0 aliphatic heterocycles. The minimum Gasteiger partial charge on any atom is -0.465 e. The molecule has 0 heterocycles. The van der Waals surface area contributed by atoms with Gasteiger partial charge in [-0.3, -0.25) is 0 Å². The Morgan fingerprint density at radius 1 is 1.00 bits per heavy atom. The van der Waals surface area contributed by atoms with E-state index in [0.29, 0.717) is 5.57 Å². The van der Waals surface area contributed by atoms with Crippen LogP contribution < -0.4 is 0 Å². The second-order valence-electron chi connectivity index (χ2n) is 5.85. The second kappa shape index (κ2) is 5.91. The number of carbonyl (C=O) groups excluding carboxylic acids is 1. The molecule has 0 unspecified atom stereocenters. The predicted molar refractivity (Wildman–Crippen MR) is 99.9 cm³/mol. The van der Waals surface area contributed by atoms with Gasteiger partial charge in [-0.25, -0.2) is 4.79 Å². The summed E-state index contributed by atoms with van der Waals surface area (Å²) in [7, 11) is 1.43. The predicted octanol–water partition coefficient (Wildman–Crippen LogP) is 5.30. The first-order valence-corrected chi connectivity index (χ1v) is 8.56. The zero-order valence-corrected chi connectivity index (χ0v) is 14.7. The van der Waals surface area contributed by atoms with Gasteiger partial charge in [0.05, 0.1) is 12.7 Å².